The number of hydrogen-bond acceptors (Lipinski definition) is 4. The van der Waals surface area contributed by atoms with E-state index in [4.69, 9.17) is 19.0 Å². The van der Waals surface area contributed by atoms with Crippen molar-refractivity contribution in [2.75, 3.05) is 21.3 Å². The highest BCUT2D eigenvalue weighted by molar-refractivity contribution is 6.63. The van der Waals surface area contributed by atoms with Gasteiger partial charge in [0.15, 0.2) is 0 Å². The summed E-state index contributed by atoms with van der Waals surface area (Å²) in [4.78, 5) is 0. The summed E-state index contributed by atoms with van der Waals surface area (Å²) in [5.41, 5.74) is 5.90. The third-order valence-corrected chi connectivity index (χ3v) is 5.64. The Bertz CT molecular complexity index is 165. The van der Waals surface area contributed by atoms with Gasteiger partial charge in [0.25, 0.3) is 0 Å². The fourth-order valence-electron chi connectivity index (χ4n) is 1.49. The summed E-state index contributed by atoms with van der Waals surface area (Å²) in [5, 5.41) is 0. The van der Waals surface area contributed by atoms with E-state index >= 15 is 0 Å². The van der Waals surface area contributed by atoms with E-state index in [0.717, 1.165) is 6.42 Å². The maximum absolute atomic E-state index is 5.96. The van der Waals surface area contributed by atoms with Crippen LogP contribution in [0.25, 0.3) is 0 Å². The van der Waals surface area contributed by atoms with Crippen molar-refractivity contribution in [1.82, 2.24) is 0 Å². The minimum atomic E-state index is -2.67. The molecule has 0 aromatic heterocycles. The summed E-state index contributed by atoms with van der Waals surface area (Å²) in [6, 6.07) is -0.0426. The van der Waals surface area contributed by atoms with E-state index in [1.807, 2.05) is 6.92 Å². The molecular formula is C9H21NO3Si. The molecule has 0 spiro atoms. The first-order valence-corrected chi connectivity index (χ1v) is 6.45. The van der Waals surface area contributed by atoms with Gasteiger partial charge in [0.05, 0.1) is 5.54 Å². The van der Waals surface area contributed by atoms with Gasteiger partial charge in [-0.25, -0.2) is 0 Å². The van der Waals surface area contributed by atoms with E-state index in [2.05, 4.69) is 6.58 Å². The van der Waals surface area contributed by atoms with Gasteiger partial charge in [0.1, 0.15) is 0 Å². The molecule has 84 valence electrons. The highest BCUT2D eigenvalue weighted by atomic mass is 28.4. The average molecular weight is 219 g/mol. The second kappa shape index (κ2) is 6.31. The molecule has 0 fully saturated rings. The first-order valence-electron chi connectivity index (χ1n) is 4.65. The van der Waals surface area contributed by atoms with Crippen LogP contribution in [0.4, 0.5) is 0 Å². The van der Waals surface area contributed by atoms with Gasteiger partial charge < -0.3 is 19.0 Å². The minimum Gasteiger partial charge on any atom is -0.376 e. The topological polar surface area (TPSA) is 53.7 Å². The molecule has 0 aliphatic rings. The third kappa shape index (κ3) is 2.65. The fourth-order valence-corrected chi connectivity index (χ4v) is 3.86. The van der Waals surface area contributed by atoms with Gasteiger partial charge in [-0.3, -0.25) is 0 Å². The molecule has 5 heteroatoms. The van der Waals surface area contributed by atoms with Crippen LogP contribution in [0.1, 0.15) is 13.3 Å². The summed E-state index contributed by atoms with van der Waals surface area (Å²) in [7, 11) is 2.07. The second-order valence-corrected chi connectivity index (χ2v) is 6.15. The van der Waals surface area contributed by atoms with Crippen molar-refractivity contribution in [1.29, 1.82) is 0 Å². The lowest BCUT2D eigenvalue weighted by Crippen LogP contribution is -2.52. The number of nitrogens with two attached hydrogens (primary N) is 1. The van der Waals surface area contributed by atoms with E-state index < -0.39 is 8.80 Å². The van der Waals surface area contributed by atoms with Crippen molar-refractivity contribution in [3.05, 3.63) is 12.7 Å². The van der Waals surface area contributed by atoms with Gasteiger partial charge in [-0.2, -0.15) is 0 Å². The van der Waals surface area contributed by atoms with Crippen molar-refractivity contribution in [2.24, 2.45) is 5.73 Å². The Kier molecular flexibility index (Phi) is 6.22. The molecule has 2 N–H and O–H groups in total. The summed E-state index contributed by atoms with van der Waals surface area (Å²) >= 11 is 0. The van der Waals surface area contributed by atoms with Crippen LogP contribution in [-0.4, -0.2) is 36.2 Å². The molecule has 0 aromatic carbocycles. The normalized spacial score (nSPS) is 16.4. The molecule has 2 atom stereocenters. The molecule has 0 bridgehead atoms. The van der Waals surface area contributed by atoms with Crippen LogP contribution in [-0.2, 0) is 13.3 Å². The molecule has 0 aliphatic heterocycles. The van der Waals surface area contributed by atoms with Gasteiger partial charge in [-0.1, -0.05) is 13.0 Å². The van der Waals surface area contributed by atoms with Crippen molar-refractivity contribution in [3.8, 4) is 0 Å². The Morgan fingerprint density at radius 1 is 1.29 bits per heavy atom. The first-order chi connectivity index (χ1) is 6.61. The van der Waals surface area contributed by atoms with Gasteiger partial charge in [-0.15, -0.1) is 6.58 Å². The largest absolute Gasteiger partial charge is 0.508 e. The molecule has 0 saturated heterocycles. The Morgan fingerprint density at radius 3 is 1.93 bits per heavy atom. The van der Waals surface area contributed by atoms with E-state index in [9.17, 15) is 0 Å². The predicted octanol–water partition coefficient (Wildman–Crippen LogP) is 1.16. The quantitative estimate of drug-likeness (QED) is 0.515. The van der Waals surface area contributed by atoms with Gasteiger partial charge in [-0.05, 0) is 6.42 Å². The predicted molar refractivity (Wildman–Crippen MR) is 59.0 cm³/mol. The summed E-state index contributed by atoms with van der Waals surface area (Å²) in [5.74, 6) is 0. The van der Waals surface area contributed by atoms with E-state index in [-0.39, 0.29) is 11.6 Å². The Labute approximate surface area is 87.4 Å². The molecule has 0 heterocycles. The fraction of sp³-hybridized carbons (Fsp3) is 0.778. The monoisotopic (exact) mass is 219 g/mol. The van der Waals surface area contributed by atoms with Gasteiger partial charge in [0.2, 0.25) is 0 Å². The van der Waals surface area contributed by atoms with Gasteiger partial charge in [0, 0.05) is 27.4 Å². The zero-order chi connectivity index (χ0) is 11.2. The molecule has 0 rings (SSSR count). The molecule has 2 unspecified atom stereocenters. The number of hydrogen-bond donors (Lipinski definition) is 1. The van der Waals surface area contributed by atoms with E-state index in [0.29, 0.717) is 0 Å². The highest BCUT2D eigenvalue weighted by Gasteiger charge is 2.48. The van der Waals surface area contributed by atoms with Crippen LogP contribution in [0.15, 0.2) is 12.7 Å². The smallest absolute Gasteiger partial charge is 0.376 e. The maximum Gasteiger partial charge on any atom is 0.508 e. The molecule has 0 aromatic rings. The molecule has 0 saturated carbocycles. The molecule has 0 radical (unpaired) electrons. The van der Waals surface area contributed by atoms with Crippen molar-refractivity contribution < 1.29 is 13.3 Å². The summed E-state index contributed by atoms with van der Waals surface area (Å²) in [6.07, 6.45) is 2.60. The van der Waals surface area contributed by atoms with Crippen molar-refractivity contribution in [3.63, 3.8) is 0 Å². The molecule has 4 nitrogen and oxygen atoms in total. The van der Waals surface area contributed by atoms with Crippen molar-refractivity contribution >= 4 is 8.80 Å². The molecule has 0 amide bonds. The zero-order valence-corrected chi connectivity index (χ0v) is 10.4. The summed E-state index contributed by atoms with van der Waals surface area (Å²) in [6.45, 7) is 5.77. The third-order valence-electron chi connectivity index (χ3n) is 2.45. The molecule has 14 heavy (non-hydrogen) atoms. The van der Waals surface area contributed by atoms with Crippen LogP contribution in [0, 0.1) is 0 Å². The molecule has 0 aliphatic carbocycles. The van der Waals surface area contributed by atoms with E-state index in [1.54, 1.807) is 27.4 Å². The van der Waals surface area contributed by atoms with Crippen LogP contribution in [0.5, 0.6) is 0 Å². The number of rotatable bonds is 7. The second-order valence-electron chi connectivity index (χ2n) is 3.05. The highest BCUT2D eigenvalue weighted by Crippen LogP contribution is 2.28. The van der Waals surface area contributed by atoms with Crippen molar-refractivity contribution in [2.45, 2.75) is 24.9 Å². The van der Waals surface area contributed by atoms with Crippen LogP contribution >= 0.6 is 0 Å². The van der Waals surface area contributed by atoms with Crippen LogP contribution in [0.3, 0.4) is 0 Å². The van der Waals surface area contributed by atoms with E-state index in [1.165, 1.54) is 0 Å². The minimum absolute atomic E-state index is 0.0426. The Balaban J connectivity index is 4.82. The zero-order valence-electron chi connectivity index (χ0n) is 9.45. The lowest BCUT2D eigenvalue weighted by atomic mass is 10.1. The Hall–Kier alpha value is -0.203. The van der Waals surface area contributed by atoms with Crippen LogP contribution in [0.2, 0.25) is 5.54 Å². The Morgan fingerprint density at radius 2 is 1.71 bits per heavy atom. The SMILES string of the molecule is C=CC(C(N)CC)[Si](OC)(OC)OC. The van der Waals surface area contributed by atoms with Crippen LogP contribution < -0.4 is 5.73 Å². The standard InChI is InChI=1S/C9H21NO3Si/c1-6-8(10)9(7-2)14(11-3,12-4)13-5/h7-9H,2,6,10H2,1,3-5H3. The van der Waals surface area contributed by atoms with Gasteiger partial charge >= 0.3 is 8.80 Å². The lowest BCUT2D eigenvalue weighted by Gasteiger charge is -2.33. The molecular weight excluding hydrogens is 198 g/mol. The maximum atomic E-state index is 5.96. The average Bonchev–Trinajstić information content (AvgIpc) is 2.25. The first kappa shape index (κ1) is 13.8. The summed E-state index contributed by atoms with van der Waals surface area (Å²) < 4.78 is 16.1. The lowest BCUT2D eigenvalue weighted by molar-refractivity contribution is 0.113.